The molecule has 0 bridgehead atoms. The van der Waals surface area contributed by atoms with Gasteiger partial charge in [0, 0.05) is 13.1 Å². The molecule has 0 aliphatic carbocycles. The van der Waals surface area contributed by atoms with Gasteiger partial charge in [-0.2, -0.15) is 5.10 Å². The highest BCUT2D eigenvalue weighted by Crippen LogP contribution is 2.17. The maximum Gasteiger partial charge on any atom is 0.0635 e. The standard InChI is InChI=1S/C10H18BrN3/c1-4-8(12-2)5-6-10-9(11)7-13-14(10)3/h7-8,12H,4-6H2,1-3H3. The minimum Gasteiger partial charge on any atom is -0.317 e. The highest BCUT2D eigenvalue weighted by molar-refractivity contribution is 9.10. The Bertz CT molecular complexity index is 259. The molecule has 1 rings (SSSR count). The average molecular weight is 260 g/mol. The van der Waals surface area contributed by atoms with Crippen LogP contribution in [0.3, 0.4) is 0 Å². The Balaban J connectivity index is 2.52. The molecule has 0 aromatic carbocycles. The molecule has 80 valence electrons. The van der Waals surface area contributed by atoms with Crippen LogP contribution in [-0.2, 0) is 13.5 Å². The number of halogens is 1. The normalized spacial score (nSPS) is 13.1. The second-order valence-electron chi connectivity index (χ2n) is 3.50. The lowest BCUT2D eigenvalue weighted by Gasteiger charge is -2.13. The first-order valence-corrected chi connectivity index (χ1v) is 5.82. The first-order valence-electron chi connectivity index (χ1n) is 5.02. The lowest BCUT2D eigenvalue weighted by Crippen LogP contribution is -2.25. The van der Waals surface area contributed by atoms with Crippen LogP contribution in [0.5, 0.6) is 0 Å². The van der Waals surface area contributed by atoms with E-state index in [0.717, 1.165) is 17.3 Å². The highest BCUT2D eigenvalue weighted by atomic mass is 79.9. The monoisotopic (exact) mass is 259 g/mol. The highest BCUT2D eigenvalue weighted by Gasteiger charge is 2.08. The molecule has 1 unspecified atom stereocenters. The molecule has 0 radical (unpaired) electrons. The maximum absolute atomic E-state index is 4.20. The number of aryl methyl sites for hydroxylation is 1. The zero-order valence-electron chi connectivity index (χ0n) is 9.05. The predicted molar refractivity (Wildman–Crippen MR) is 62.4 cm³/mol. The molecule has 0 amide bonds. The molecule has 0 fully saturated rings. The van der Waals surface area contributed by atoms with Gasteiger partial charge in [-0.25, -0.2) is 0 Å². The SMILES string of the molecule is CCC(CCc1c(Br)cnn1C)NC. The first-order chi connectivity index (χ1) is 6.69. The van der Waals surface area contributed by atoms with E-state index in [0.29, 0.717) is 6.04 Å². The summed E-state index contributed by atoms with van der Waals surface area (Å²) < 4.78 is 3.05. The van der Waals surface area contributed by atoms with Crippen LogP contribution in [0.15, 0.2) is 10.7 Å². The summed E-state index contributed by atoms with van der Waals surface area (Å²) in [5, 5.41) is 7.50. The summed E-state index contributed by atoms with van der Waals surface area (Å²) in [5.41, 5.74) is 1.28. The van der Waals surface area contributed by atoms with E-state index in [-0.39, 0.29) is 0 Å². The summed E-state index contributed by atoms with van der Waals surface area (Å²) in [4.78, 5) is 0. The lowest BCUT2D eigenvalue weighted by atomic mass is 10.1. The largest absolute Gasteiger partial charge is 0.317 e. The van der Waals surface area contributed by atoms with E-state index in [1.54, 1.807) is 0 Å². The Hall–Kier alpha value is -0.350. The van der Waals surface area contributed by atoms with Gasteiger partial charge in [-0.15, -0.1) is 0 Å². The van der Waals surface area contributed by atoms with Gasteiger partial charge in [0.15, 0.2) is 0 Å². The summed E-state index contributed by atoms with van der Waals surface area (Å²) in [6, 6.07) is 0.608. The van der Waals surface area contributed by atoms with Crippen molar-refractivity contribution in [1.29, 1.82) is 0 Å². The smallest absolute Gasteiger partial charge is 0.0635 e. The van der Waals surface area contributed by atoms with Crippen LogP contribution >= 0.6 is 15.9 Å². The van der Waals surface area contributed by atoms with Gasteiger partial charge in [0.1, 0.15) is 0 Å². The van der Waals surface area contributed by atoms with Gasteiger partial charge in [0.25, 0.3) is 0 Å². The van der Waals surface area contributed by atoms with E-state index in [4.69, 9.17) is 0 Å². The summed E-state index contributed by atoms with van der Waals surface area (Å²) in [7, 11) is 4.01. The quantitative estimate of drug-likeness (QED) is 0.878. The Kier molecular flexibility index (Phi) is 4.62. The average Bonchev–Trinajstić information content (AvgIpc) is 2.50. The van der Waals surface area contributed by atoms with Crippen LogP contribution in [0.2, 0.25) is 0 Å². The van der Waals surface area contributed by atoms with Gasteiger partial charge in [0.2, 0.25) is 0 Å². The van der Waals surface area contributed by atoms with Crippen molar-refractivity contribution in [2.75, 3.05) is 7.05 Å². The van der Waals surface area contributed by atoms with Crippen LogP contribution in [-0.4, -0.2) is 22.9 Å². The molecule has 1 aromatic rings. The molecule has 1 heterocycles. The Labute approximate surface area is 94.0 Å². The van der Waals surface area contributed by atoms with Crippen molar-refractivity contribution in [2.45, 2.75) is 32.2 Å². The number of aromatic nitrogens is 2. The molecule has 3 nitrogen and oxygen atoms in total. The van der Waals surface area contributed by atoms with Crippen molar-refractivity contribution in [1.82, 2.24) is 15.1 Å². The lowest BCUT2D eigenvalue weighted by molar-refractivity contribution is 0.499. The van der Waals surface area contributed by atoms with E-state index in [2.05, 4.69) is 33.3 Å². The Morgan fingerprint density at radius 2 is 2.36 bits per heavy atom. The van der Waals surface area contributed by atoms with Gasteiger partial charge in [-0.05, 0) is 42.2 Å². The molecule has 4 heteroatoms. The Morgan fingerprint density at radius 3 is 2.79 bits per heavy atom. The minimum atomic E-state index is 0.608. The van der Waals surface area contributed by atoms with Crippen molar-refractivity contribution >= 4 is 15.9 Å². The van der Waals surface area contributed by atoms with Crippen LogP contribution in [0.4, 0.5) is 0 Å². The van der Waals surface area contributed by atoms with E-state index < -0.39 is 0 Å². The summed E-state index contributed by atoms with van der Waals surface area (Å²) >= 11 is 3.51. The number of rotatable bonds is 5. The third kappa shape index (κ3) is 2.82. The number of nitrogens with one attached hydrogen (secondary N) is 1. The third-order valence-corrected chi connectivity index (χ3v) is 3.30. The molecular weight excluding hydrogens is 242 g/mol. The second-order valence-corrected chi connectivity index (χ2v) is 4.35. The van der Waals surface area contributed by atoms with E-state index in [9.17, 15) is 0 Å². The zero-order valence-corrected chi connectivity index (χ0v) is 10.6. The second kappa shape index (κ2) is 5.51. The Morgan fingerprint density at radius 1 is 1.64 bits per heavy atom. The van der Waals surface area contributed by atoms with E-state index in [1.165, 1.54) is 12.1 Å². The molecule has 1 atom stereocenters. The number of hydrogen-bond acceptors (Lipinski definition) is 2. The van der Waals surface area contributed by atoms with E-state index >= 15 is 0 Å². The molecule has 0 saturated carbocycles. The van der Waals surface area contributed by atoms with Crippen LogP contribution in [0.25, 0.3) is 0 Å². The van der Waals surface area contributed by atoms with Crippen molar-refractivity contribution in [3.8, 4) is 0 Å². The van der Waals surface area contributed by atoms with Crippen LogP contribution in [0, 0.1) is 0 Å². The van der Waals surface area contributed by atoms with Gasteiger partial charge in [0.05, 0.1) is 16.4 Å². The van der Waals surface area contributed by atoms with Crippen molar-refractivity contribution < 1.29 is 0 Å². The molecule has 1 N–H and O–H groups in total. The molecule has 0 saturated heterocycles. The summed E-state index contributed by atoms with van der Waals surface area (Å²) in [5.74, 6) is 0. The zero-order chi connectivity index (χ0) is 10.6. The van der Waals surface area contributed by atoms with Crippen molar-refractivity contribution in [2.24, 2.45) is 7.05 Å². The third-order valence-electron chi connectivity index (χ3n) is 2.64. The molecule has 0 aliphatic rings. The van der Waals surface area contributed by atoms with Gasteiger partial charge in [-0.1, -0.05) is 6.92 Å². The first kappa shape index (κ1) is 11.7. The maximum atomic E-state index is 4.20. The molecule has 14 heavy (non-hydrogen) atoms. The fourth-order valence-electron chi connectivity index (χ4n) is 1.58. The minimum absolute atomic E-state index is 0.608. The molecule has 0 aliphatic heterocycles. The fraction of sp³-hybridized carbons (Fsp3) is 0.700. The molecule has 0 spiro atoms. The summed E-state index contributed by atoms with van der Waals surface area (Å²) in [6.07, 6.45) is 5.25. The van der Waals surface area contributed by atoms with Gasteiger partial charge >= 0.3 is 0 Å². The van der Waals surface area contributed by atoms with Crippen LogP contribution < -0.4 is 5.32 Å². The molecular formula is C10H18BrN3. The molecule has 1 aromatic heterocycles. The predicted octanol–water partition coefficient (Wildman–Crippen LogP) is 2.11. The van der Waals surface area contributed by atoms with Gasteiger partial charge in [-0.3, -0.25) is 4.68 Å². The fourth-order valence-corrected chi connectivity index (χ4v) is 2.13. The van der Waals surface area contributed by atoms with Crippen LogP contribution in [0.1, 0.15) is 25.5 Å². The van der Waals surface area contributed by atoms with Crippen molar-refractivity contribution in [3.63, 3.8) is 0 Å². The number of nitrogens with zero attached hydrogens (tertiary/aromatic N) is 2. The van der Waals surface area contributed by atoms with Crippen molar-refractivity contribution in [3.05, 3.63) is 16.4 Å². The number of hydrogen-bond donors (Lipinski definition) is 1. The van der Waals surface area contributed by atoms with Gasteiger partial charge < -0.3 is 5.32 Å². The topological polar surface area (TPSA) is 29.9 Å². The summed E-state index contributed by atoms with van der Waals surface area (Å²) in [6.45, 7) is 2.21. The van der Waals surface area contributed by atoms with E-state index in [1.807, 2.05) is 25.0 Å².